The molecule has 0 aliphatic rings. The fourth-order valence-electron chi connectivity index (χ4n) is 1.60. The Morgan fingerprint density at radius 3 is 2.45 bits per heavy atom. The zero-order valence-corrected chi connectivity index (χ0v) is 12.2. The van der Waals surface area contributed by atoms with Crippen LogP contribution in [0, 0.1) is 0 Å². The fraction of sp³-hybridized carbons (Fsp3) is 0.143. The summed E-state index contributed by atoms with van der Waals surface area (Å²) in [7, 11) is 0. The van der Waals surface area contributed by atoms with Gasteiger partial charge in [0.2, 0.25) is 5.91 Å². The van der Waals surface area contributed by atoms with E-state index in [2.05, 4.69) is 20.6 Å². The van der Waals surface area contributed by atoms with Crippen molar-refractivity contribution < 1.29 is 14.7 Å². The van der Waals surface area contributed by atoms with Crippen molar-refractivity contribution in [1.82, 2.24) is 9.97 Å². The number of carbonyl (C=O) groups excluding carboxylic acids is 1. The summed E-state index contributed by atoms with van der Waals surface area (Å²) < 4.78 is 0. The number of nitrogens with one attached hydrogen (secondary N) is 2. The van der Waals surface area contributed by atoms with E-state index in [0.717, 1.165) is 5.69 Å². The van der Waals surface area contributed by atoms with Gasteiger partial charge in [-0.05, 0) is 24.3 Å². The number of carboxylic acid groups (broad SMARTS) is 1. The van der Waals surface area contributed by atoms with Gasteiger partial charge in [0.05, 0.1) is 6.42 Å². The van der Waals surface area contributed by atoms with Gasteiger partial charge in [-0.2, -0.15) is 0 Å². The van der Waals surface area contributed by atoms with E-state index in [1.165, 1.54) is 6.33 Å². The van der Waals surface area contributed by atoms with Gasteiger partial charge in [0.1, 0.15) is 18.0 Å². The minimum absolute atomic E-state index is 0.112. The fourth-order valence-corrected chi connectivity index (χ4v) is 1.73. The minimum atomic E-state index is -1.03. The maximum atomic E-state index is 11.6. The van der Waals surface area contributed by atoms with Crippen molar-refractivity contribution in [3.63, 3.8) is 0 Å². The quantitative estimate of drug-likeness (QED) is 0.756. The number of hydrogen-bond acceptors (Lipinski definition) is 5. The highest BCUT2D eigenvalue weighted by atomic mass is 35.5. The van der Waals surface area contributed by atoms with E-state index in [1.54, 1.807) is 30.3 Å². The van der Waals surface area contributed by atoms with Crippen molar-refractivity contribution in [2.45, 2.75) is 12.8 Å². The van der Waals surface area contributed by atoms with Crippen LogP contribution in [0.3, 0.4) is 0 Å². The highest BCUT2D eigenvalue weighted by Crippen LogP contribution is 2.18. The molecule has 0 saturated carbocycles. The number of aromatic nitrogens is 2. The second-order valence-corrected chi connectivity index (χ2v) is 4.80. The van der Waals surface area contributed by atoms with Crippen LogP contribution in [0.4, 0.5) is 17.3 Å². The van der Waals surface area contributed by atoms with Crippen molar-refractivity contribution in [3.05, 3.63) is 41.7 Å². The summed E-state index contributed by atoms with van der Waals surface area (Å²) in [6, 6.07) is 8.59. The van der Waals surface area contributed by atoms with Crippen LogP contribution in [-0.2, 0) is 9.59 Å². The Morgan fingerprint density at radius 1 is 1.09 bits per heavy atom. The van der Waals surface area contributed by atoms with Crippen molar-refractivity contribution in [2.24, 2.45) is 0 Å². The highest BCUT2D eigenvalue weighted by molar-refractivity contribution is 6.30. The molecule has 0 spiro atoms. The molecule has 8 heteroatoms. The van der Waals surface area contributed by atoms with Crippen LogP contribution in [0.1, 0.15) is 12.8 Å². The third-order valence-electron chi connectivity index (χ3n) is 2.62. The molecular weight excluding hydrogens is 308 g/mol. The first-order valence-electron chi connectivity index (χ1n) is 6.39. The summed E-state index contributed by atoms with van der Waals surface area (Å²) >= 11 is 5.81. The predicted octanol–water partition coefficient (Wildman–Crippen LogP) is 2.68. The maximum Gasteiger partial charge on any atom is 0.303 e. The molecule has 1 aromatic carbocycles. The number of rotatable bonds is 6. The first-order valence-corrected chi connectivity index (χ1v) is 6.77. The van der Waals surface area contributed by atoms with Gasteiger partial charge in [0.25, 0.3) is 0 Å². The zero-order valence-electron chi connectivity index (χ0n) is 11.4. The molecule has 1 amide bonds. The number of amides is 1. The lowest BCUT2D eigenvalue weighted by Crippen LogP contribution is -2.14. The molecule has 22 heavy (non-hydrogen) atoms. The summed E-state index contributed by atoms with van der Waals surface area (Å²) in [5.74, 6) is -0.658. The molecule has 0 atom stereocenters. The average Bonchev–Trinajstić information content (AvgIpc) is 2.48. The molecular formula is C14H13ClN4O3. The normalized spacial score (nSPS) is 10.0. The van der Waals surface area contributed by atoms with Crippen molar-refractivity contribution >= 4 is 40.8 Å². The molecule has 0 fully saturated rings. The Balaban J connectivity index is 1.99. The molecule has 0 bridgehead atoms. The summed E-state index contributed by atoms with van der Waals surface area (Å²) in [6.45, 7) is 0. The summed E-state index contributed by atoms with van der Waals surface area (Å²) in [5.41, 5.74) is 0.784. The zero-order chi connectivity index (χ0) is 15.9. The van der Waals surface area contributed by atoms with E-state index in [-0.39, 0.29) is 12.8 Å². The Labute approximate surface area is 131 Å². The van der Waals surface area contributed by atoms with E-state index < -0.39 is 11.9 Å². The molecule has 2 aromatic rings. The molecule has 7 nitrogen and oxygen atoms in total. The van der Waals surface area contributed by atoms with Crippen LogP contribution in [-0.4, -0.2) is 27.0 Å². The molecule has 0 saturated heterocycles. The molecule has 0 radical (unpaired) electrons. The molecule has 3 N–H and O–H groups in total. The second-order valence-electron chi connectivity index (χ2n) is 4.36. The standard InChI is InChI=1S/C14H13ClN4O3/c15-9-1-3-10(4-2-9)18-11-7-12(17-8-16-11)19-13(20)5-6-14(21)22/h1-4,7-8H,5-6H2,(H,21,22)(H2,16,17,18,19,20). The third kappa shape index (κ3) is 5.02. The molecule has 1 aromatic heterocycles. The summed E-state index contributed by atoms with van der Waals surface area (Å²) in [4.78, 5) is 29.9. The van der Waals surface area contributed by atoms with Crippen molar-refractivity contribution in [2.75, 3.05) is 10.6 Å². The third-order valence-corrected chi connectivity index (χ3v) is 2.87. The second kappa shape index (κ2) is 7.37. The van der Waals surface area contributed by atoms with Gasteiger partial charge in [-0.15, -0.1) is 0 Å². The Kier molecular flexibility index (Phi) is 5.26. The maximum absolute atomic E-state index is 11.6. The largest absolute Gasteiger partial charge is 0.481 e. The molecule has 0 aliphatic heterocycles. The summed E-state index contributed by atoms with van der Waals surface area (Å²) in [6.07, 6.45) is 0.955. The van der Waals surface area contributed by atoms with Crippen molar-refractivity contribution in [3.8, 4) is 0 Å². The van der Waals surface area contributed by atoms with Crippen LogP contribution < -0.4 is 10.6 Å². The van der Waals surface area contributed by atoms with Crippen molar-refractivity contribution in [1.29, 1.82) is 0 Å². The lowest BCUT2D eigenvalue weighted by atomic mass is 10.3. The number of aliphatic carboxylic acids is 1. The van der Waals surface area contributed by atoms with E-state index in [1.807, 2.05) is 0 Å². The van der Waals surface area contributed by atoms with Crippen LogP contribution in [0.5, 0.6) is 0 Å². The van der Waals surface area contributed by atoms with Gasteiger partial charge in [-0.1, -0.05) is 11.6 Å². The number of anilines is 3. The smallest absolute Gasteiger partial charge is 0.303 e. The molecule has 2 rings (SSSR count). The number of hydrogen-bond donors (Lipinski definition) is 3. The van der Waals surface area contributed by atoms with E-state index in [4.69, 9.17) is 16.7 Å². The Hall–Kier alpha value is -2.67. The van der Waals surface area contributed by atoms with Gasteiger partial charge in [0.15, 0.2) is 0 Å². The highest BCUT2D eigenvalue weighted by Gasteiger charge is 2.07. The van der Waals surface area contributed by atoms with E-state index in [0.29, 0.717) is 16.7 Å². The SMILES string of the molecule is O=C(O)CCC(=O)Nc1cc(Nc2ccc(Cl)cc2)ncn1. The van der Waals surface area contributed by atoms with E-state index in [9.17, 15) is 9.59 Å². The van der Waals surface area contributed by atoms with Gasteiger partial charge >= 0.3 is 5.97 Å². The topological polar surface area (TPSA) is 104 Å². The average molecular weight is 321 g/mol. The number of carbonyl (C=O) groups is 2. The molecule has 114 valence electrons. The van der Waals surface area contributed by atoms with Crippen LogP contribution in [0.2, 0.25) is 5.02 Å². The van der Waals surface area contributed by atoms with Crippen LogP contribution in [0.25, 0.3) is 0 Å². The van der Waals surface area contributed by atoms with E-state index >= 15 is 0 Å². The van der Waals surface area contributed by atoms with Gasteiger partial charge in [0, 0.05) is 23.2 Å². The lowest BCUT2D eigenvalue weighted by molar-refractivity contribution is -0.138. The van der Waals surface area contributed by atoms with Crippen LogP contribution >= 0.6 is 11.6 Å². The summed E-state index contributed by atoms with van der Waals surface area (Å²) in [5, 5.41) is 14.7. The first kappa shape index (κ1) is 15.7. The molecule has 0 unspecified atom stereocenters. The van der Waals surface area contributed by atoms with Gasteiger partial charge in [-0.25, -0.2) is 9.97 Å². The van der Waals surface area contributed by atoms with Gasteiger partial charge in [-0.3, -0.25) is 9.59 Å². The number of nitrogens with zero attached hydrogens (tertiary/aromatic N) is 2. The Bertz CT molecular complexity index is 676. The number of benzene rings is 1. The predicted molar refractivity (Wildman–Crippen MR) is 82.3 cm³/mol. The first-order chi connectivity index (χ1) is 10.5. The lowest BCUT2D eigenvalue weighted by Gasteiger charge is -2.07. The molecule has 1 heterocycles. The molecule has 0 aliphatic carbocycles. The number of halogens is 1. The number of carboxylic acids is 1. The van der Waals surface area contributed by atoms with Gasteiger partial charge < -0.3 is 15.7 Å². The minimum Gasteiger partial charge on any atom is -0.481 e. The van der Waals surface area contributed by atoms with Crippen LogP contribution in [0.15, 0.2) is 36.7 Å². The monoisotopic (exact) mass is 320 g/mol. The Morgan fingerprint density at radius 2 is 1.77 bits per heavy atom.